The van der Waals surface area contributed by atoms with Crippen LogP contribution in [0, 0.1) is 6.92 Å². The molecule has 2 aromatic heterocycles. The smallest absolute Gasteiger partial charge is 0.162 e. The third kappa shape index (κ3) is 1.89. The molecule has 0 bridgehead atoms. The number of hydrogen-bond donors (Lipinski definition) is 1. The Bertz CT molecular complexity index is 571. The molecule has 2 heterocycles. The van der Waals surface area contributed by atoms with Gasteiger partial charge in [-0.1, -0.05) is 12.2 Å². The Labute approximate surface area is 104 Å². The lowest BCUT2D eigenvalue weighted by atomic mass is 10.2. The van der Waals surface area contributed by atoms with Crippen LogP contribution in [0.25, 0.3) is 5.82 Å². The van der Waals surface area contributed by atoms with Gasteiger partial charge in [0.15, 0.2) is 11.6 Å². The van der Waals surface area contributed by atoms with Crippen LogP contribution in [0.3, 0.4) is 0 Å². The normalized spacial score (nSPS) is 10.5. The number of aryl methyl sites for hydroxylation is 2. The summed E-state index contributed by atoms with van der Waals surface area (Å²) in [6.45, 7) is 1.86. The van der Waals surface area contributed by atoms with Crippen LogP contribution in [-0.4, -0.2) is 31.7 Å². The summed E-state index contributed by atoms with van der Waals surface area (Å²) in [5.41, 5.74) is 7.22. The first-order valence-corrected chi connectivity index (χ1v) is 5.38. The number of thiocarbonyl (C=S) groups is 1. The topological polar surface area (TPSA) is 70.9 Å². The van der Waals surface area contributed by atoms with Crippen molar-refractivity contribution >= 4 is 17.2 Å². The number of nitrogens with zero attached hydrogens (tertiary/aromatic N) is 4. The van der Waals surface area contributed by atoms with E-state index in [1.54, 1.807) is 28.9 Å². The molecule has 0 spiro atoms. The van der Waals surface area contributed by atoms with Crippen LogP contribution in [0.4, 0.5) is 0 Å². The number of ether oxygens (including phenoxy) is 1. The second-order valence-electron chi connectivity index (χ2n) is 3.60. The SMILES string of the molecule is COc1cnn(-c2c(C(N)=S)c(C)nn2C)c1. The van der Waals surface area contributed by atoms with E-state index in [2.05, 4.69) is 10.2 Å². The molecule has 2 N–H and O–H groups in total. The zero-order chi connectivity index (χ0) is 12.6. The summed E-state index contributed by atoms with van der Waals surface area (Å²) in [6, 6.07) is 0. The molecule has 6 nitrogen and oxygen atoms in total. The second kappa shape index (κ2) is 4.17. The van der Waals surface area contributed by atoms with Crippen molar-refractivity contribution in [2.75, 3.05) is 7.11 Å². The molecule has 0 unspecified atom stereocenters. The zero-order valence-electron chi connectivity index (χ0n) is 9.84. The van der Waals surface area contributed by atoms with Gasteiger partial charge in [0.2, 0.25) is 0 Å². The van der Waals surface area contributed by atoms with Crippen LogP contribution in [0.2, 0.25) is 0 Å². The van der Waals surface area contributed by atoms with Crippen molar-refractivity contribution in [2.45, 2.75) is 6.92 Å². The summed E-state index contributed by atoms with van der Waals surface area (Å²) in [5, 5.41) is 8.48. The third-order valence-electron chi connectivity index (χ3n) is 2.45. The second-order valence-corrected chi connectivity index (χ2v) is 4.04. The fourth-order valence-corrected chi connectivity index (χ4v) is 1.96. The van der Waals surface area contributed by atoms with Crippen molar-refractivity contribution in [3.05, 3.63) is 23.7 Å². The molecule has 2 rings (SSSR count). The van der Waals surface area contributed by atoms with Gasteiger partial charge in [-0.2, -0.15) is 10.2 Å². The van der Waals surface area contributed by atoms with Crippen LogP contribution in [0.5, 0.6) is 5.75 Å². The predicted octanol–water partition coefficient (Wildman–Crippen LogP) is 0.557. The highest BCUT2D eigenvalue weighted by Gasteiger charge is 2.18. The number of rotatable bonds is 3. The standard InChI is InChI=1S/C10H13N5OS/c1-6-8(9(11)17)10(14(2)13-6)15-5-7(16-3)4-12-15/h4-5H,1-3H3,(H2,11,17). The Morgan fingerprint density at radius 3 is 2.76 bits per heavy atom. The molecule has 0 saturated heterocycles. The molecule has 0 aliphatic heterocycles. The molecule has 0 saturated carbocycles. The van der Waals surface area contributed by atoms with Gasteiger partial charge in [-0.15, -0.1) is 0 Å². The molecule has 0 aliphatic rings. The monoisotopic (exact) mass is 251 g/mol. The van der Waals surface area contributed by atoms with Crippen molar-refractivity contribution in [2.24, 2.45) is 12.8 Å². The van der Waals surface area contributed by atoms with Gasteiger partial charge in [0.05, 0.1) is 30.8 Å². The Morgan fingerprint density at radius 2 is 2.24 bits per heavy atom. The van der Waals surface area contributed by atoms with Gasteiger partial charge in [0.25, 0.3) is 0 Å². The van der Waals surface area contributed by atoms with Crippen molar-refractivity contribution in [1.82, 2.24) is 19.6 Å². The van der Waals surface area contributed by atoms with Crippen molar-refractivity contribution < 1.29 is 4.74 Å². The average Bonchev–Trinajstić information content (AvgIpc) is 2.81. The molecule has 0 amide bonds. The number of aromatic nitrogens is 4. The maximum atomic E-state index is 5.71. The van der Waals surface area contributed by atoms with Crippen molar-refractivity contribution in [3.8, 4) is 11.6 Å². The third-order valence-corrected chi connectivity index (χ3v) is 2.65. The van der Waals surface area contributed by atoms with Gasteiger partial charge in [0.1, 0.15) is 4.99 Å². The van der Waals surface area contributed by atoms with Gasteiger partial charge in [-0.25, -0.2) is 4.68 Å². The lowest BCUT2D eigenvalue weighted by molar-refractivity contribution is 0.414. The average molecular weight is 251 g/mol. The highest BCUT2D eigenvalue weighted by Crippen LogP contribution is 2.19. The zero-order valence-corrected chi connectivity index (χ0v) is 10.7. The molecule has 90 valence electrons. The van der Waals surface area contributed by atoms with Gasteiger partial charge >= 0.3 is 0 Å². The summed E-state index contributed by atoms with van der Waals surface area (Å²) in [7, 11) is 3.41. The number of nitrogens with two attached hydrogens (primary N) is 1. The van der Waals surface area contributed by atoms with Gasteiger partial charge in [-0.3, -0.25) is 4.68 Å². The van der Waals surface area contributed by atoms with Crippen LogP contribution < -0.4 is 10.5 Å². The molecule has 0 radical (unpaired) electrons. The Morgan fingerprint density at radius 1 is 1.53 bits per heavy atom. The van der Waals surface area contributed by atoms with E-state index in [1.165, 1.54) is 0 Å². The first kappa shape index (κ1) is 11.6. The molecule has 0 aliphatic carbocycles. The predicted molar refractivity (Wildman–Crippen MR) is 67.5 cm³/mol. The summed E-state index contributed by atoms with van der Waals surface area (Å²) >= 11 is 5.04. The Kier molecular flexibility index (Phi) is 2.84. The van der Waals surface area contributed by atoms with Crippen LogP contribution in [-0.2, 0) is 7.05 Å². The quantitative estimate of drug-likeness (QED) is 0.807. The first-order chi connectivity index (χ1) is 8.04. The van der Waals surface area contributed by atoms with Crippen molar-refractivity contribution in [3.63, 3.8) is 0 Å². The van der Waals surface area contributed by atoms with E-state index < -0.39 is 0 Å². The van der Waals surface area contributed by atoms with E-state index in [0.29, 0.717) is 10.7 Å². The first-order valence-electron chi connectivity index (χ1n) is 4.97. The summed E-state index contributed by atoms with van der Waals surface area (Å²) in [4.78, 5) is 0.306. The molecular weight excluding hydrogens is 238 g/mol. The van der Waals surface area contributed by atoms with Crippen LogP contribution >= 0.6 is 12.2 Å². The maximum Gasteiger partial charge on any atom is 0.162 e. The van der Waals surface area contributed by atoms with E-state index in [4.69, 9.17) is 22.7 Å². The maximum absolute atomic E-state index is 5.71. The lowest BCUT2D eigenvalue weighted by Gasteiger charge is -2.04. The fourth-order valence-electron chi connectivity index (χ4n) is 1.72. The fraction of sp³-hybridized carbons (Fsp3) is 0.300. The van der Waals surface area contributed by atoms with Gasteiger partial charge < -0.3 is 10.5 Å². The Hall–Kier alpha value is -1.89. The van der Waals surface area contributed by atoms with E-state index in [0.717, 1.165) is 17.1 Å². The molecular formula is C10H13N5OS. The largest absolute Gasteiger partial charge is 0.493 e. The number of methoxy groups -OCH3 is 1. The molecule has 17 heavy (non-hydrogen) atoms. The molecule has 7 heteroatoms. The minimum atomic E-state index is 0.306. The van der Waals surface area contributed by atoms with Gasteiger partial charge in [-0.05, 0) is 6.92 Å². The van der Waals surface area contributed by atoms with Crippen molar-refractivity contribution in [1.29, 1.82) is 0 Å². The molecule has 2 aromatic rings. The Balaban J connectivity index is 2.61. The van der Waals surface area contributed by atoms with E-state index in [9.17, 15) is 0 Å². The summed E-state index contributed by atoms with van der Waals surface area (Å²) in [6.07, 6.45) is 3.36. The van der Waals surface area contributed by atoms with Crippen LogP contribution in [0.15, 0.2) is 12.4 Å². The van der Waals surface area contributed by atoms with E-state index in [-0.39, 0.29) is 0 Å². The molecule has 0 aromatic carbocycles. The van der Waals surface area contributed by atoms with Crippen LogP contribution in [0.1, 0.15) is 11.3 Å². The van der Waals surface area contributed by atoms with Gasteiger partial charge in [0, 0.05) is 7.05 Å². The molecule has 0 fully saturated rings. The lowest BCUT2D eigenvalue weighted by Crippen LogP contribution is -2.15. The number of hydrogen-bond acceptors (Lipinski definition) is 4. The highest BCUT2D eigenvalue weighted by atomic mass is 32.1. The minimum absolute atomic E-state index is 0.306. The summed E-state index contributed by atoms with van der Waals surface area (Å²) < 4.78 is 8.42. The minimum Gasteiger partial charge on any atom is -0.493 e. The van der Waals surface area contributed by atoms with E-state index in [1.807, 2.05) is 14.0 Å². The summed E-state index contributed by atoms with van der Waals surface area (Å²) in [5.74, 6) is 1.40. The molecule has 0 atom stereocenters. The highest BCUT2D eigenvalue weighted by molar-refractivity contribution is 7.80. The van der Waals surface area contributed by atoms with E-state index >= 15 is 0 Å².